The Morgan fingerprint density at radius 2 is 1.88 bits per heavy atom. The lowest BCUT2D eigenvalue weighted by Crippen LogP contribution is -2.37. The van der Waals surface area contributed by atoms with Crippen LogP contribution in [0.4, 0.5) is 5.69 Å². The smallest absolute Gasteiger partial charge is 0.306 e. The third kappa shape index (κ3) is 5.09. The molecule has 0 amide bonds. The normalized spacial score (nSPS) is 18.7. The van der Waals surface area contributed by atoms with E-state index in [2.05, 4.69) is 26.2 Å². The molecule has 176 valence electrons. The second kappa shape index (κ2) is 8.76. The summed E-state index contributed by atoms with van der Waals surface area (Å²) in [7, 11) is -3.77. The zero-order valence-corrected chi connectivity index (χ0v) is 21.5. The number of benzene rings is 1. The summed E-state index contributed by atoms with van der Waals surface area (Å²) in [6.45, 7) is 7.52. The second-order valence-electron chi connectivity index (χ2n) is 9.62. The van der Waals surface area contributed by atoms with Gasteiger partial charge in [0.1, 0.15) is 5.60 Å². The lowest BCUT2D eigenvalue weighted by Gasteiger charge is -2.36. The van der Waals surface area contributed by atoms with Crippen LogP contribution in [0.2, 0.25) is 0 Å². The minimum atomic E-state index is -3.77. The van der Waals surface area contributed by atoms with Crippen LogP contribution in [0.25, 0.3) is 11.0 Å². The van der Waals surface area contributed by atoms with Crippen LogP contribution in [0.15, 0.2) is 52.1 Å². The summed E-state index contributed by atoms with van der Waals surface area (Å²) in [5.41, 5.74) is 1.69. The maximum absolute atomic E-state index is 13.2. The van der Waals surface area contributed by atoms with Crippen molar-refractivity contribution in [3.05, 3.63) is 52.8 Å². The van der Waals surface area contributed by atoms with E-state index in [4.69, 9.17) is 4.74 Å². The number of carbonyl (C=O) groups excluding carboxylic acids is 1. The van der Waals surface area contributed by atoms with Crippen LogP contribution >= 0.6 is 15.9 Å². The highest BCUT2D eigenvalue weighted by Crippen LogP contribution is 2.38. The van der Waals surface area contributed by atoms with E-state index in [1.165, 1.54) is 10.2 Å². The van der Waals surface area contributed by atoms with Crippen LogP contribution < -0.4 is 5.32 Å². The average Bonchev–Trinajstić information content (AvgIpc) is 3.12. The number of esters is 1. The number of ether oxygens (including phenoxy) is 1. The summed E-state index contributed by atoms with van der Waals surface area (Å²) < 4.78 is 33.8. The van der Waals surface area contributed by atoms with Crippen LogP contribution in [-0.2, 0) is 19.6 Å². The number of aromatic nitrogens is 2. The molecule has 0 aliphatic heterocycles. The molecule has 0 unspecified atom stereocenters. The summed E-state index contributed by atoms with van der Waals surface area (Å²) in [5.74, 6) is 0.108. The van der Waals surface area contributed by atoms with Gasteiger partial charge in [0.05, 0.1) is 15.1 Å². The van der Waals surface area contributed by atoms with Crippen molar-refractivity contribution in [3.8, 4) is 0 Å². The Hall–Kier alpha value is -2.39. The standard InChI is InChI=1S/C24H28BrN3O4S/c1-15-5-7-18(8-6-15)33(30,31)28-10-9-19-22(20(25)14-26-23(19)28)27-17-11-16(12-17)13-21(29)32-24(2,3)4/h5-10,14,16-17H,11-13H2,1-4H3,(H,26,27). The van der Waals surface area contributed by atoms with Gasteiger partial charge in [-0.25, -0.2) is 17.4 Å². The summed E-state index contributed by atoms with van der Waals surface area (Å²) in [6, 6.07) is 8.72. The zero-order chi connectivity index (χ0) is 24.0. The number of hydrogen-bond donors (Lipinski definition) is 1. The monoisotopic (exact) mass is 533 g/mol. The number of anilines is 1. The number of aryl methyl sites for hydroxylation is 1. The molecule has 7 nitrogen and oxygen atoms in total. The van der Waals surface area contributed by atoms with Crippen molar-refractivity contribution in [2.75, 3.05) is 5.32 Å². The van der Waals surface area contributed by atoms with E-state index in [1.807, 2.05) is 27.7 Å². The van der Waals surface area contributed by atoms with Gasteiger partial charge in [0.15, 0.2) is 5.65 Å². The van der Waals surface area contributed by atoms with Crippen molar-refractivity contribution in [2.45, 2.75) is 63.5 Å². The van der Waals surface area contributed by atoms with Gasteiger partial charge < -0.3 is 10.1 Å². The van der Waals surface area contributed by atoms with E-state index in [0.29, 0.717) is 12.1 Å². The number of carbonyl (C=O) groups is 1. The van der Waals surface area contributed by atoms with Crippen LogP contribution in [0.3, 0.4) is 0 Å². The molecule has 2 aromatic heterocycles. The fourth-order valence-corrected chi connectivity index (χ4v) is 5.78. The number of halogens is 1. The van der Waals surface area contributed by atoms with Crippen molar-refractivity contribution in [1.29, 1.82) is 0 Å². The Morgan fingerprint density at radius 1 is 1.21 bits per heavy atom. The molecule has 0 spiro atoms. The molecule has 0 atom stereocenters. The van der Waals surface area contributed by atoms with Crippen LogP contribution in [-0.4, -0.2) is 35.0 Å². The molecule has 1 fully saturated rings. The first-order valence-electron chi connectivity index (χ1n) is 10.9. The molecule has 4 rings (SSSR count). The van der Waals surface area contributed by atoms with Gasteiger partial charge in [0, 0.05) is 30.2 Å². The molecular formula is C24H28BrN3O4S. The molecule has 9 heteroatoms. The number of fused-ring (bicyclic) bond motifs is 1. The van der Waals surface area contributed by atoms with Crippen molar-refractivity contribution >= 4 is 48.6 Å². The summed E-state index contributed by atoms with van der Waals surface area (Å²) in [6.07, 6.45) is 5.25. The van der Waals surface area contributed by atoms with Crippen LogP contribution in [0, 0.1) is 12.8 Å². The summed E-state index contributed by atoms with van der Waals surface area (Å²) in [5, 5.41) is 4.22. The number of pyridine rings is 1. The first-order valence-corrected chi connectivity index (χ1v) is 13.1. The lowest BCUT2D eigenvalue weighted by atomic mass is 9.78. The Labute approximate surface area is 202 Å². The van der Waals surface area contributed by atoms with Gasteiger partial charge in [-0.05, 0) is 80.6 Å². The molecule has 1 saturated carbocycles. The molecule has 0 radical (unpaired) electrons. The fraction of sp³-hybridized carbons (Fsp3) is 0.417. The second-order valence-corrected chi connectivity index (χ2v) is 12.3. The van der Waals surface area contributed by atoms with Crippen molar-refractivity contribution in [1.82, 2.24) is 8.96 Å². The molecule has 33 heavy (non-hydrogen) atoms. The third-order valence-corrected chi connectivity index (χ3v) is 7.95. The Bertz CT molecular complexity index is 1290. The highest BCUT2D eigenvalue weighted by atomic mass is 79.9. The molecular weight excluding hydrogens is 506 g/mol. The van der Waals surface area contributed by atoms with Crippen LogP contribution in [0.5, 0.6) is 0 Å². The Kier molecular flexibility index (Phi) is 6.30. The molecule has 1 aromatic carbocycles. The number of rotatable bonds is 6. The minimum absolute atomic E-state index is 0.170. The first-order chi connectivity index (χ1) is 15.4. The maximum atomic E-state index is 13.2. The van der Waals surface area contributed by atoms with Gasteiger partial charge in [0.25, 0.3) is 10.0 Å². The SMILES string of the molecule is Cc1ccc(S(=O)(=O)n2ccc3c(NC4CC(CC(=O)OC(C)(C)C)C4)c(Br)cnc32)cc1. The van der Waals surface area contributed by atoms with E-state index < -0.39 is 15.6 Å². The number of hydrogen-bond acceptors (Lipinski definition) is 6. The van der Waals surface area contributed by atoms with Crippen LogP contribution in [0.1, 0.15) is 45.6 Å². The first kappa shape index (κ1) is 23.8. The van der Waals surface area contributed by atoms with Gasteiger partial charge in [-0.1, -0.05) is 17.7 Å². The molecule has 1 aliphatic carbocycles. The topological polar surface area (TPSA) is 90.3 Å². The van der Waals surface area contributed by atoms with Crippen molar-refractivity contribution in [3.63, 3.8) is 0 Å². The van der Waals surface area contributed by atoms with E-state index >= 15 is 0 Å². The van der Waals surface area contributed by atoms with Gasteiger partial charge in [-0.15, -0.1) is 0 Å². The highest BCUT2D eigenvalue weighted by Gasteiger charge is 2.33. The third-order valence-electron chi connectivity index (χ3n) is 5.67. The van der Waals surface area contributed by atoms with Gasteiger partial charge in [-0.3, -0.25) is 4.79 Å². The van der Waals surface area contributed by atoms with Gasteiger partial charge in [-0.2, -0.15) is 0 Å². The lowest BCUT2D eigenvalue weighted by molar-refractivity contribution is -0.156. The Balaban J connectivity index is 1.51. The van der Waals surface area contributed by atoms with Gasteiger partial charge in [0.2, 0.25) is 0 Å². The maximum Gasteiger partial charge on any atom is 0.306 e. The molecule has 1 aliphatic rings. The molecule has 1 N–H and O–H groups in total. The molecule has 3 aromatic rings. The summed E-state index contributed by atoms with van der Waals surface area (Å²) in [4.78, 5) is 16.7. The quantitative estimate of drug-likeness (QED) is 0.434. The Morgan fingerprint density at radius 3 is 2.52 bits per heavy atom. The number of nitrogens with one attached hydrogen (secondary N) is 1. The van der Waals surface area contributed by atoms with Crippen molar-refractivity contribution < 1.29 is 17.9 Å². The highest BCUT2D eigenvalue weighted by molar-refractivity contribution is 9.10. The van der Waals surface area contributed by atoms with Crippen molar-refractivity contribution in [2.24, 2.45) is 5.92 Å². The van der Waals surface area contributed by atoms with E-state index in [0.717, 1.165) is 34.0 Å². The molecule has 0 saturated heterocycles. The average molecular weight is 534 g/mol. The minimum Gasteiger partial charge on any atom is -0.460 e. The van der Waals surface area contributed by atoms with Gasteiger partial charge >= 0.3 is 5.97 Å². The molecule has 2 heterocycles. The molecule has 0 bridgehead atoms. The largest absolute Gasteiger partial charge is 0.460 e. The summed E-state index contributed by atoms with van der Waals surface area (Å²) >= 11 is 3.54. The van der Waals surface area contributed by atoms with E-state index in [-0.39, 0.29) is 22.8 Å². The predicted octanol–water partition coefficient (Wildman–Crippen LogP) is 5.27. The number of nitrogens with zero attached hydrogens (tertiary/aromatic N) is 2. The van der Waals surface area contributed by atoms with E-state index in [1.54, 1.807) is 36.5 Å². The fourth-order valence-electron chi connectivity index (χ4n) is 4.05. The van der Waals surface area contributed by atoms with E-state index in [9.17, 15) is 13.2 Å². The zero-order valence-electron chi connectivity index (χ0n) is 19.1. The predicted molar refractivity (Wildman–Crippen MR) is 132 cm³/mol.